The van der Waals surface area contributed by atoms with Gasteiger partial charge in [-0.1, -0.05) is 0 Å². The van der Waals surface area contributed by atoms with E-state index in [4.69, 9.17) is 15.1 Å². The molecule has 0 radical (unpaired) electrons. The molecule has 0 unspecified atom stereocenters. The van der Waals surface area contributed by atoms with Crippen molar-refractivity contribution >= 4 is 5.69 Å². The van der Waals surface area contributed by atoms with Crippen LogP contribution in [-0.2, 0) is 0 Å². The van der Waals surface area contributed by atoms with Gasteiger partial charge in [-0.25, -0.2) is 0 Å². The second kappa shape index (κ2) is 4.93. The van der Waals surface area contributed by atoms with Gasteiger partial charge in [0.05, 0.1) is 23.2 Å². The summed E-state index contributed by atoms with van der Waals surface area (Å²) in [5, 5.41) is 27.7. The summed E-state index contributed by atoms with van der Waals surface area (Å²) in [7, 11) is 0. The molecule has 0 aliphatic carbocycles. The van der Waals surface area contributed by atoms with Crippen LogP contribution in [0.4, 0.5) is 5.69 Å². The Hall–Kier alpha value is -2.13. The maximum atomic E-state index is 10.6. The van der Waals surface area contributed by atoms with Crippen molar-refractivity contribution in [3.63, 3.8) is 0 Å². The van der Waals surface area contributed by atoms with Crippen molar-refractivity contribution < 1.29 is 14.8 Å². The average molecular weight is 208 g/mol. The van der Waals surface area contributed by atoms with E-state index in [0.29, 0.717) is 0 Å². The number of rotatable bonds is 4. The Morgan fingerprint density at radius 2 is 2.33 bits per heavy atom. The Balaban J connectivity index is 3.05. The highest BCUT2D eigenvalue weighted by Crippen LogP contribution is 2.27. The predicted molar refractivity (Wildman–Crippen MR) is 50.4 cm³/mol. The lowest BCUT2D eigenvalue weighted by Crippen LogP contribution is -2.04. The van der Waals surface area contributed by atoms with Crippen LogP contribution in [-0.4, -0.2) is 23.2 Å². The molecule has 0 spiro atoms. The van der Waals surface area contributed by atoms with Crippen molar-refractivity contribution in [2.75, 3.05) is 13.2 Å². The van der Waals surface area contributed by atoms with E-state index in [9.17, 15) is 10.1 Å². The molecule has 15 heavy (non-hydrogen) atoms. The van der Waals surface area contributed by atoms with Gasteiger partial charge in [-0.15, -0.1) is 0 Å². The third-order valence-corrected chi connectivity index (χ3v) is 1.63. The molecule has 1 rings (SSSR count). The Labute approximate surface area is 85.5 Å². The van der Waals surface area contributed by atoms with Crippen molar-refractivity contribution in [2.45, 2.75) is 0 Å². The van der Waals surface area contributed by atoms with Crippen LogP contribution in [0.5, 0.6) is 5.75 Å². The summed E-state index contributed by atoms with van der Waals surface area (Å²) < 4.78 is 4.95. The highest BCUT2D eigenvalue weighted by atomic mass is 16.6. The van der Waals surface area contributed by atoms with E-state index >= 15 is 0 Å². The SMILES string of the molecule is N#Cc1ccc(OCCO)c([N+](=O)[O-])c1. The minimum Gasteiger partial charge on any atom is -0.484 e. The zero-order valence-corrected chi connectivity index (χ0v) is 7.71. The number of nitro groups is 1. The summed E-state index contributed by atoms with van der Waals surface area (Å²) in [5.74, 6) is 0.0491. The van der Waals surface area contributed by atoms with Crippen LogP contribution in [0.1, 0.15) is 5.56 Å². The maximum absolute atomic E-state index is 10.6. The van der Waals surface area contributed by atoms with Gasteiger partial charge >= 0.3 is 5.69 Å². The molecule has 0 saturated heterocycles. The molecule has 0 aromatic heterocycles. The molecular formula is C9H8N2O4. The van der Waals surface area contributed by atoms with Gasteiger partial charge in [-0.3, -0.25) is 10.1 Å². The van der Waals surface area contributed by atoms with Crippen molar-refractivity contribution in [1.82, 2.24) is 0 Å². The van der Waals surface area contributed by atoms with Crippen LogP contribution >= 0.6 is 0 Å². The van der Waals surface area contributed by atoms with E-state index < -0.39 is 4.92 Å². The second-order valence-corrected chi connectivity index (χ2v) is 2.62. The number of nitriles is 1. The maximum Gasteiger partial charge on any atom is 0.312 e. The van der Waals surface area contributed by atoms with Gasteiger partial charge in [0, 0.05) is 6.07 Å². The lowest BCUT2D eigenvalue weighted by Gasteiger charge is -2.04. The van der Waals surface area contributed by atoms with Gasteiger partial charge in [0.2, 0.25) is 0 Å². The summed E-state index contributed by atoms with van der Waals surface area (Å²) in [6.45, 7) is -0.246. The van der Waals surface area contributed by atoms with Crippen LogP contribution in [0.2, 0.25) is 0 Å². The van der Waals surface area contributed by atoms with Crippen molar-refractivity contribution in [3.8, 4) is 11.8 Å². The number of ether oxygens (including phenoxy) is 1. The minimum atomic E-state index is -0.631. The first-order valence-corrected chi connectivity index (χ1v) is 4.11. The average Bonchev–Trinajstić information content (AvgIpc) is 2.26. The summed E-state index contributed by atoms with van der Waals surface area (Å²) in [5.41, 5.74) is -0.0828. The molecule has 0 aliphatic heterocycles. The Bertz CT molecular complexity index is 411. The number of benzene rings is 1. The standard InChI is InChI=1S/C9H8N2O4/c10-6-7-1-2-9(15-4-3-12)8(5-7)11(13)14/h1-2,5,12H,3-4H2. The molecule has 0 atom stereocenters. The largest absolute Gasteiger partial charge is 0.484 e. The van der Waals surface area contributed by atoms with Crippen LogP contribution in [0.3, 0.4) is 0 Å². The molecule has 1 aromatic rings. The Morgan fingerprint density at radius 3 is 2.87 bits per heavy atom. The third kappa shape index (κ3) is 2.65. The first-order valence-electron chi connectivity index (χ1n) is 4.11. The van der Waals surface area contributed by atoms with Gasteiger partial charge in [-0.05, 0) is 12.1 Å². The van der Waals surface area contributed by atoms with Gasteiger partial charge in [0.25, 0.3) is 0 Å². The topological polar surface area (TPSA) is 96.4 Å². The minimum absolute atomic E-state index is 0.0211. The molecule has 0 heterocycles. The number of aliphatic hydroxyl groups excluding tert-OH is 1. The first kappa shape index (κ1) is 10.9. The Morgan fingerprint density at radius 1 is 1.60 bits per heavy atom. The summed E-state index contributed by atoms with van der Waals surface area (Å²) in [6, 6.07) is 5.68. The van der Waals surface area contributed by atoms with E-state index in [1.54, 1.807) is 6.07 Å². The predicted octanol–water partition coefficient (Wildman–Crippen LogP) is 0.838. The molecule has 1 N–H and O–H groups in total. The molecular weight excluding hydrogens is 200 g/mol. The number of hydrogen-bond donors (Lipinski definition) is 1. The molecule has 0 fully saturated rings. The molecule has 0 saturated carbocycles. The molecule has 0 aliphatic rings. The number of hydrogen-bond acceptors (Lipinski definition) is 5. The van der Waals surface area contributed by atoms with E-state index in [-0.39, 0.29) is 30.2 Å². The van der Waals surface area contributed by atoms with Crippen LogP contribution in [0, 0.1) is 21.4 Å². The van der Waals surface area contributed by atoms with Gasteiger partial charge in [0.1, 0.15) is 6.61 Å². The molecule has 6 heteroatoms. The summed E-state index contributed by atoms with van der Waals surface area (Å²) in [6.07, 6.45) is 0. The lowest BCUT2D eigenvalue weighted by molar-refractivity contribution is -0.385. The lowest BCUT2D eigenvalue weighted by atomic mass is 10.2. The van der Waals surface area contributed by atoms with Crippen molar-refractivity contribution in [1.29, 1.82) is 5.26 Å². The molecule has 0 amide bonds. The fourth-order valence-corrected chi connectivity index (χ4v) is 1.01. The zero-order chi connectivity index (χ0) is 11.3. The molecule has 1 aromatic carbocycles. The quantitative estimate of drug-likeness (QED) is 0.584. The zero-order valence-electron chi connectivity index (χ0n) is 7.71. The Kier molecular flexibility index (Phi) is 3.60. The van der Waals surface area contributed by atoms with Gasteiger partial charge in [-0.2, -0.15) is 5.26 Å². The van der Waals surface area contributed by atoms with Gasteiger partial charge in [0.15, 0.2) is 5.75 Å². The first-order chi connectivity index (χ1) is 7.19. The van der Waals surface area contributed by atoms with E-state index in [1.807, 2.05) is 0 Å². The third-order valence-electron chi connectivity index (χ3n) is 1.63. The van der Waals surface area contributed by atoms with E-state index in [2.05, 4.69) is 0 Å². The molecule has 78 valence electrons. The monoisotopic (exact) mass is 208 g/mol. The summed E-state index contributed by atoms with van der Waals surface area (Å²) >= 11 is 0. The van der Waals surface area contributed by atoms with E-state index in [0.717, 1.165) is 6.07 Å². The van der Waals surface area contributed by atoms with Crippen LogP contribution in [0.25, 0.3) is 0 Å². The fourth-order valence-electron chi connectivity index (χ4n) is 1.01. The number of nitro benzene ring substituents is 1. The highest BCUT2D eigenvalue weighted by molar-refractivity contribution is 5.51. The van der Waals surface area contributed by atoms with Crippen LogP contribution in [0.15, 0.2) is 18.2 Å². The fraction of sp³-hybridized carbons (Fsp3) is 0.222. The van der Waals surface area contributed by atoms with Gasteiger partial charge < -0.3 is 9.84 Å². The molecule has 6 nitrogen and oxygen atoms in total. The van der Waals surface area contributed by atoms with Crippen molar-refractivity contribution in [3.05, 3.63) is 33.9 Å². The van der Waals surface area contributed by atoms with Crippen LogP contribution < -0.4 is 4.74 Å². The van der Waals surface area contributed by atoms with E-state index in [1.165, 1.54) is 12.1 Å². The number of aliphatic hydroxyl groups is 1. The smallest absolute Gasteiger partial charge is 0.312 e. The molecule has 0 bridgehead atoms. The number of nitrogens with zero attached hydrogens (tertiary/aromatic N) is 2. The normalized spacial score (nSPS) is 9.33. The van der Waals surface area contributed by atoms with Crippen molar-refractivity contribution in [2.24, 2.45) is 0 Å². The second-order valence-electron chi connectivity index (χ2n) is 2.62. The highest BCUT2D eigenvalue weighted by Gasteiger charge is 2.15. The summed E-state index contributed by atoms with van der Waals surface area (Å²) in [4.78, 5) is 9.98.